The summed E-state index contributed by atoms with van der Waals surface area (Å²) in [6.45, 7) is 4.12. The molecule has 2 saturated carbocycles. The molecule has 2 heterocycles. The van der Waals surface area contributed by atoms with Gasteiger partial charge >= 0.3 is 12.1 Å². The number of hydrogen-bond donors (Lipinski definition) is 2. The van der Waals surface area contributed by atoms with Crippen molar-refractivity contribution in [2.75, 3.05) is 6.54 Å². The number of nitrogens with zero attached hydrogens (tertiary/aromatic N) is 4. The van der Waals surface area contributed by atoms with Gasteiger partial charge in [-0.1, -0.05) is 51.0 Å². The number of alkyl halides is 3. The number of aromatic nitrogens is 2. The first kappa shape index (κ1) is 25.9. The van der Waals surface area contributed by atoms with Gasteiger partial charge in [0.25, 0.3) is 0 Å². The number of hydrogen-bond acceptors (Lipinski definition) is 6. The van der Waals surface area contributed by atoms with Crippen LogP contribution in [0.5, 0.6) is 0 Å². The van der Waals surface area contributed by atoms with E-state index >= 15 is 0 Å². The lowest BCUT2D eigenvalue weighted by Crippen LogP contribution is -2.57. The summed E-state index contributed by atoms with van der Waals surface area (Å²) < 4.78 is 39.0. The third-order valence-electron chi connectivity index (χ3n) is 8.18. The van der Waals surface area contributed by atoms with Crippen LogP contribution >= 0.6 is 0 Å². The standard InChI is InChI=1S/C26H27F3N6O3/c1-25(2)16-12-35(23(37)17(9-13-7-8-13)33-24(38)26(27,28)29)21(19(16)25)22(36)32-18(10-30)20-15-6-4-3-5-14(15)11-31-34-20/h3-6,11,13,16-19,21H,7-9,12H2,1-2H3,(H,32,36)(H,33,38)/t16-,17-,18?,19-,21-/m0/s1. The molecule has 2 N–H and O–H groups in total. The van der Waals surface area contributed by atoms with Gasteiger partial charge in [0.1, 0.15) is 17.8 Å². The number of benzene rings is 1. The van der Waals surface area contributed by atoms with Crippen molar-refractivity contribution in [3.8, 4) is 6.07 Å². The smallest absolute Gasteiger partial charge is 0.336 e. The first-order valence-electron chi connectivity index (χ1n) is 12.5. The van der Waals surface area contributed by atoms with Crippen molar-refractivity contribution in [1.82, 2.24) is 25.7 Å². The third kappa shape index (κ3) is 4.66. The highest BCUT2D eigenvalue weighted by Gasteiger charge is 2.69. The van der Waals surface area contributed by atoms with Crippen molar-refractivity contribution in [3.63, 3.8) is 0 Å². The summed E-state index contributed by atoms with van der Waals surface area (Å²) in [6.07, 6.45) is -1.98. The second-order valence-corrected chi connectivity index (χ2v) is 11.0. The lowest BCUT2D eigenvalue weighted by Gasteiger charge is -2.33. The summed E-state index contributed by atoms with van der Waals surface area (Å²) in [6, 6.07) is 5.63. The molecule has 1 aromatic carbocycles. The van der Waals surface area contributed by atoms with Crippen molar-refractivity contribution in [1.29, 1.82) is 5.26 Å². The van der Waals surface area contributed by atoms with Crippen molar-refractivity contribution in [3.05, 3.63) is 36.2 Å². The Bertz CT molecular complexity index is 1330. The highest BCUT2D eigenvalue weighted by atomic mass is 19.4. The van der Waals surface area contributed by atoms with Gasteiger partial charge in [-0.25, -0.2) is 0 Å². The molecule has 1 aliphatic heterocycles. The fourth-order valence-corrected chi connectivity index (χ4v) is 5.81. The van der Waals surface area contributed by atoms with Crippen LogP contribution in [0.1, 0.15) is 44.8 Å². The van der Waals surface area contributed by atoms with Crippen molar-refractivity contribution >= 4 is 28.5 Å². The summed E-state index contributed by atoms with van der Waals surface area (Å²) in [7, 11) is 0. The molecule has 1 saturated heterocycles. The van der Waals surface area contributed by atoms with Gasteiger partial charge < -0.3 is 15.5 Å². The molecule has 200 valence electrons. The number of piperidine rings is 1. The predicted octanol–water partition coefficient (Wildman–Crippen LogP) is 2.64. The monoisotopic (exact) mass is 528 g/mol. The summed E-state index contributed by atoms with van der Waals surface area (Å²) in [5, 5.41) is 23.8. The van der Waals surface area contributed by atoms with Crippen LogP contribution in [0.25, 0.3) is 10.8 Å². The average Bonchev–Trinajstić information content (AvgIpc) is 3.73. The summed E-state index contributed by atoms with van der Waals surface area (Å²) in [5.41, 5.74) is -0.00744. The maximum absolute atomic E-state index is 13.6. The predicted molar refractivity (Wildman–Crippen MR) is 128 cm³/mol. The molecule has 5 rings (SSSR count). The van der Waals surface area contributed by atoms with Crippen LogP contribution in [0, 0.1) is 34.5 Å². The molecule has 3 fully saturated rings. The molecule has 38 heavy (non-hydrogen) atoms. The second kappa shape index (κ2) is 9.22. The van der Waals surface area contributed by atoms with Gasteiger partial charge in [-0.2, -0.15) is 28.6 Å². The van der Waals surface area contributed by atoms with Gasteiger partial charge in [-0.15, -0.1) is 0 Å². The van der Waals surface area contributed by atoms with Crippen molar-refractivity contribution < 1.29 is 27.6 Å². The Kier molecular flexibility index (Phi) is 6.28. The topological polar surface area (TPSA) is 128 Å². The first-order valence-corrected chi connectivity index (χ1v) is 12.5. The van der Waals surface area contributed by atoms with Gasteiger partial charge in [0.15, 0.2) is 6.04 Å². The number of halogens is 3. The molecule has 3 aliphatic rings. The minimum absolute atomic E-state index is 0.0278. The van der Waals surface area contributed by atoms with Gasteiger partial charge in [-0.3, -0.25) is 14.4 Å². The normalized spacial score (nSPS) is 25.2. The van der Waals surface area contributed by atoms with E-state index in [4.69, 9.17) is 0 Å². The maximum atomic E-state index is 13.6. The van der Waals surface area contributed by atoms with E-state index in [2.05, 4.69) is 15.5 Å². The van der Waals surface area contributed by atoms with Crippen LogP contribution in [0.2, 0.25) is 0 Å². The number of fused-ring (bicyclic) bond motifs is 2. The molecule has 0 spiro atoms. The molecule has 2 aromatic rings. The van der Waals surface area contributed by atoms with Crippen LogP contribution in [-0.2, 0) is 14.4 Å². The fourth-order valence-electron chi connectivity index (χ4n) is 5.81. The first-order chi connectivity index (χ1) is 17.9. The van der Waals surface area contributed by atoms with Crippen LogP contribution < -0.4 is 10.6 Å². The highest BCUT2D eigenvalue weighted by molar-refractivity contribution is 5.95. The zero-order valence-electron chi connectivity index (χ0n) is 20.8. The average molecular weight is 529 g/mol. The van der Waals surface area contributed by atoms with Crippen LogP contribution in [0.15, 0.2) is 30.5 Å². The van der Waals surface area contributed by atoms with Crippen LogP contribution in [0.4, 0.5) is 13.2 Å². The van der Waals surface area contributed by atoms with E-state index in [0.717, 1.165) is 18.2 Å². The van der Waals surface area contributed by atoms with E-state index in [1.165, 1.54) is 4.90 Å². The molecule has 3 amide bonds. The zero-order chi connectivity index (χ0) is 27.4. The Balaban J connectivity index is 1.40. The minimum Gasteiger partial charge on any atom is -0.336 e. The molecule has 5 atom stereocenters. The summed E-state index contributed by atoms with van der Waals surface area (Å²) >= 11 is 0. The lowest BCUT2D eigenvalue weighted by atomic mass is 9.98. The number of carbonyl (C=O) groups is 3. The van der Waals surface area contributed by atoms with Crippen LogP contribution in [0.3, 0.4) is 0 Å². The molecule has 12 heteroatoms. The molecule has 1 unspecified atom stereocenters. The number of nitriles is 1. The second-order valence-electron chi connectivity index (χ2n) is 11.0. The number of amides is 3. The molecule has 1 aromatic heterocycles. The number of likely N-dealkylation sites (tertiary alicyclic amines) is 1. The summed E-state index contributed by atoms with van der Waals surface area (Å²) in [4.78, 5) is 40.2. The molecule has 0 bridgehead atoms. The van der Waals surface area contributed by atoms with E-state index in [0.29, 0.717) is 5.39 Å². The van der Waals surface area contributed by atoms with E-state index in [9.17, 15) is 32.8 Å². The lowest BCUT2D eigenvalue weighted by molar-refractivity contribution is -0.175. The molecular weight excluding hydrogens is 501 g/mol. The van der Waals surface area contributed by atoms with Gasteiger partial charge in [0, 0.05) is 17.3 Å². The Hall–Kier alpha value is -3.75. The van der Waals surface area contributed by atoms with Gasteiger partial charge in [0.2, 0.25) is 11.8 Å². The SMILES string of the molecule is CC1(C)[C@@H]2[C@@H](C(=O)NC(C#N)c3nncc4ccccc34)N(C(=O)[C@H](CC3CC3)NC(=O)C(F)(F)F)C[C@@H]21. The molecular formula is C26H27F3N6O3. The number of nitrogens with one attached hydrogen (secondary N) is 2. The number of carbonyl (C=O) groups excluding carboxylic acids is 3. The Morgan fingerprint density at radius 1 is 1.21 bits per heavy atom. The van der Waals surface area contributed by atoms with E-state index < -0.39 is 42.0 Å². The third-order valence-corrected chi connectivity index (χ3v) is 8.18. The van der Waals surface area contributed by atoms with Crippen molar-refractivity contribution in [2.45, 2.75) is 57.4 Å². The quantitative estimate of drug-likeness (QED) is 0.569. The Labute approximate surface area is 216 Å². The van der Waals surface area contributed by atoms with Gasteiger partial charge in [-0.05, 0) is 29.6 Å². The van der Waals surface area contributed by atoms with E-state index in [-0.39, 0.29) is 41.8 Å². The van der Waals surface area contributed by atoms with Gasteiger partial charge in [0.05, 0.1) is 12.3 Å². The zero-order valence-corrected chi connectivity index (χ0v) is 20.8. The van der Waals surface area contributed by atoms with E-state index in [1.807, 2.05) is 25.2 Å². The highest BCUT2D eigenvalue weighted by Crippen LogP contribution is 2.65. The molecule has 0 radical (unpaired) electrons. The molecule has 2 aliphatic carbocycles. The van der Waals surface area contributed by atoms with Crippen LogP contribution in [-0.4, -0.2) is 57.6 Å². The molecule has 9 nitrogen and oxygen atoms in total. The maximum Gasteiger partial charge on any atom is 0.471 e. The van der Waals surface area contributed by atoms with E-state index in [1.54, 1.807) is 30.5 Å². The fraction of sp³-hybridized carbons (Fsp3) is 0.538. The minimum atomic E-state index is -5.13. The summed E-state index contributed by atoms with van der Waals surface area (Å²) in [5.74, 6) is -3.70. The Morgan fingerprint density at radius 3 is 2.58 bits per heavy atom. The van der Waals surface area contributed by atoms with Crippen molar-refractivity contribution in [2.24, 2.45) is 23.2 Å². The number of rotatable bonds is 7. The Morgan fingerprint density at radius 2 is 1.92 bits per heavy atom. The largest absolute Gasteiger partial charge is 0.471 e.